The van der Waals surface area contributed by atoms with Crippen molar-refractivity contribution in [3.05, 3.63) is 35.6 Å². The van der Waals surface area contributed by atoms with E-state index in [1.54, 1.807) is 17.0 Å². The summed E-state index contributed by atoms with van der Waals surface area (Å²) in [6.07, 6.45) is -0.0358. The van der Waals surface area contributed by atoms with Crippen LogP contribution in [0.1, 0.15) is 25.0 Å². The average Bonchev–Trinajstić information content (AvgIpc) is 3.27. The fraction of sp³-hybridized carbons (Fsp3) is 0.500. The lowest BCUT2D eigenvalue weighted by Crippen LogP contribution is -2.46. The Hall–Kier alpha value is -1.95. The Morgan fingerprint density at radius 2 is 1.91 bits per heavy atom. The highest BCUT2D eigenvalue weighted by molar-refractivity contribution is 5.89. The molecule has 3 rings (SSSR count). The number of carbonyl (C=O) groups excluding carboxylic acids is 1. The molecule has 1 saturated heterocycles. The first-order chi connectivity index (χ1) is 10.5. The molecule has 0 aromatic heterocycles. The van der Waals surface area contributed by atoms with Gasteiger partial charge in [-0.15, -0.1) is 0 Å². The number of ether oxygens (including phenoxy) is 1. The van der Waals surface area contributed by atoms with Crippen LogP contribution in [-0.4, -0.2) is 41.1 Å². The fourth-order valence-corrected chi connectivity index (χ4v) is 2.97. The van der Waals surface area contributed by atoms with E-state index in [2.05, 4.69) is 0 Å². The molecule has 1 aromatic rings. The molecular weight excluding hydrogens is 289 g/mol. The van der Waals surface area contributed by atoms with Gasteiger partial charge in [-0.25, -0.2) is 4.39 Å². The van der Waals surface area contributed by atoms with Crippen molar-refractivity contribution in [2.75, 3.05) is 13.1 Å². The van der Waals surface area contributed by atoms with Crippen molar-refractivity contribution < 1.29 is 23.8 Å². The molecule has 1 N–H and O–H groups in total. The summed E-state index contributed by atoms with van der Waals surface area (Å²) in [5.74, 6) is -2.29. The van der Waals surface area contributed by atoms with E-state index in [4.69, 9.17) is 9.84 Å². The topological polar surface area (TPSA) is 66.8 Å². The van der Waals surface area contributed by atoms with Crippen LogP contribution in [0, 0.1) is 17.7 Å². The van der Waals surface area contributed by atoms with E-state index in [0.29, 0.717) is 19.5 Å². The fourth-order valence-electron chi connectivity index (χ4n) is 2.97. The number of benzene rings is 1. The second kappa shape index (κ2) is 5.68. The third-order valence-corrected chi connectivity index (χ3v) is 4.24. The van der Waals surface area contributed by atoms with Gasteiger partial charge in [-0.05, 0) is 31.0 Å². The standard InChI is InChI=1S/C16H18FNO4/c1-9-7-18(15(19)12-6-13(12)16(20)21)8-14(22-9)10-2-4-11(17)5-3-10/h2-5,9,12-14H,6-8H2,1H3,(H,20,21)/t9-,12-,13+,14-/m1/s1. The first kappa shape index (κ1) is 15.0. The maximum atomic E-state index is 13.0. The average molecular weight is 307 g/mol. The van der Waals surface area contributed by atoms with E-state index in [9.17, 15) is 14.0 Å². The molecule has 0 radical (unpaired) electrons. The molecule has 0 bridgehead atoms. The maximum absolute atomic E-state index is 13.0. The number of aliphatic carboxylic acids is 1. The van der Waals surface area contributed by atoms with Crippen molar-refractivity contribution in [3.63, 3.8) is 0 Å². The summed E-state index contributed by atoms with van der Waals surface area (Å²) in [5, 5.41) is 8.95. The Labute approximate surface area is 127 Å². The summed E-state index contributed by atoms with van der Waals surface area (Å²) in [5.41, 5.74) is 0.816. The summed E-state index contributed by atoms with van der Waals surface area (Å²) >= 11 is 0. The predicted molar refractivity (Wildman–Crippen MR) is 75.5 cm³/mol. The van der Waals surface area contributed by atoms with E-state index >= 15 is 0 Å². The minimum Gasteiger partial charge on any atom is -0.481 e. The normalized spacial score (nSPS) is 30.9. The number of nitrogens with zero attached hydrogens (tertiary/aromatic N) is 1. The SMILES string of the molecule is C[C@@H]1CN(C(=O)[C@@H]2C[C@@H]2C(=O)O)C[C@H](c2ccc(F)cc2)O1. The summed E-state index contributed by atoms with van der Waals surface area (Å²) in [6.45, 7) is 2.70. The summed E-state index contributed by atoms with van der Waals surface area (Å²) in [6, 6.07) is 6.03. The molecule has 1 amide bonds. The largest absolute Gasteiger partial charge is 0.481 e. The molecule has 4 atom stereocenters. The number of carbonyl (C=O) groups is 2. The quantitative estimate of drug-likeness (QED) is 0.925. The first-order valence-corrected chi connectivity index (χ1v) is 7.38. The number of carboxylic acid groups (broad SMARTS) is 1. The predicted octanol–water partition coefficient (Wildman–Crippen LogP) is 1.83. The van der Waals surface area contributed by atoms with Crippen LogP contribution in [-0.2, 0) is 14.3 Å². The number of carboxylic acids is 1. The van der Waals surface area contributed by atoms with Crippen molar-refractivity contribution in [3.8, 4) is 0 Å². The van der Waals surface area contributed by atoms with Gasteiger partial charge >= 0.3 is 5.97 Å². The van der Waals surface area contributed by atoms with Gasteiger partial charge in [-0.1, -0.05) is 12.1 Å². The van der Waals surface area contributed by atoms with Crippen LogP contribution in [0.2, 0.25) is 0 Å². The van der Waals surface area contributed by atoms with Crippen LogP contribution in [0.4, 0.5) is 4.39 Å². The molecular formula is C16H18FNO4. The zero-order chi connectivity index (χ0) is 15.9. The first-order valence-electron chi connectivity index (χ1n) is 7.38. The summed E-state index contributed by atoms with van der Waals surface area (Å²) < 4.78 is 18.8. The second-order valence-corrected chi connectivity index (χ2v) is 6.02. The lowest BCUT2D eigenvalue weighted by Gasteiger charge is -2.37. The van der Waals surface area contributed by atoms with Crippen LogP contribution in [0.5, 0.6) is 0 Å². The van der Waals surface area contributed by atoms with E-state index in [1.807, 2.05) is 6.92 Å². The monoisotopic (exact) mass is 307 g/mol. The molecule has 1 aliphatic carbocycles. The van der Waals surface area contributed by atoms with Crippen LogP contribution < -0.4 is 0 Å². The number of hydrogen-bond acceptors (Lipinski definition) is 3. The summed E-state index contributed by atoms with van der Waals surface area (Å²) in [7, 11) is 0. The van der Waals surface area contributed by atoms with E-state index in [-0.39, 0.29) is 23.9 Å². The molecule has 2 fully saturated rings. The zero-order valence-electron chi connectivity index (χ0n) is 12.2. The van der Waals surface area contributed by atoms with Crippen LogP contribution in [0.15, 0.2) is 24.3 Å². The number of morpholine rings is 1. The van der Waals surface area contributed by atoms with Gasteiger partial charge in [0.25, 0.3) is 0 Å². The van der Waals surface area contributed by atoms with Crippen LogP contribution >= 0.6 is 0 Å². The Kier molecular flexibility index (Phi) is 3.87. The van der Waals surface area contributed by atoms with Gasteiger partial charge in [0.2, 0.25) is 5.91 Å². The molecule has 1 saturated carbocycles. The van der Waals surface area contributed by atoms with E-state index in [0.717, 1.165) is 5.56 Å². The van der Waals surface area contributed by atoms with Crippen molar-refractivity contribution in [1.82, 2.24) is 4.90 Å². The zero-order valence-corrected chi connectivity index (χ0v) is 12.2. The molecule has 5 nitrogen and oxygen atoms in total. The molecule has 6 heteroatoms. The highest BCUT2D eigenvalue weighted by Crippen LogP contribution is 2.41. The van der Waals surface area contributed by atoms with Gasteiger partial charge < -0.3 is 14.7 Å². The molecule has 1 heterocycles. The molecule has 1 aliphatic heterocycles. The van der Waals surface area contributed by atoms with Crippen molar-refractivity contribution >= 4 is 11.9 Å². The highest BCUT2D eigenvalue weighted by atomic mass is 19.1. The van der Waals surface area contributed by atoms with Gasteiger partial charge in [-0.3, -0.25) is 9.59 Å². The lowest BCUT2D eigenvalue weighted by atomic mass is 10.1. The molecule has 2 aliphatic rings. The number of amides is 1. The third-order valence-electron chi connectivity index (χ3n) is 4.24. The van der Waals surface area contributed by atoms with Crippen molar-refractivity contribution in [2.24, 2.45) is 11.8 Å². The summed E-state index contributed by atoms with van der Waals surface area (Å²) in [4.78, 5) is 25.0. The van der Waals surface area contributed by atoms with Gasteiger partial charge in [0.15, 0.2) is 0 Å². The van der Waals surface area contributed by atoms with Crippen LogP contribution in [0.25, 0.3) is 0 Å². The van der Waals surface area contributed by atoms with Gasteiger partial charge in [0.05, 0.1) is 24.5 Å². The van der Waals surface area contributed by atoms with Crippen LogP contribution in [0.3, 0.4) is 0 Å². The molecule has 0 unspecified atom stereocenters. The maximum Gasteiger partial charge on any atom is 0.307 e. The van der Waals surface area contributed by atoms with Gasteiger partial charge in [0, 0.05) is 6.54 Å². The molecule has 118 valence electrons. The van der Waals surface area contributed by atoms with Crippen molar-refractivity contribution in [2.45, 2.75) is 25.6 Å². The molecule has 1 aromatic carbocycles. The number of halogens is 1. The van der Waals surface area contributed by atoms with Gasteiger partial charge in [-0.2, -0.15) is 0 Å². The van der Waals surface area contributed by atoms with Gasteiger partial charge in [0.1, 0.15) is 11.9 Å². The lowest BCUT2D eigenvalue weighted by molar-refractivity contribution is -0.149. The second-order valence-electron chi connectivity index (χ2n) is 6.02. The Bertz CT molecular complexity index is 588. The van der Waals surface area contributed by atoms with E-state index < -0.39 is 17.8 Å². The number of rotatable bonds is 3. The minimum atomic E-state index is -0.908. The smallest absolute Gasteiger partial charge is 0.307 e. The Morgan fingerprint density at radius 3 is 2.50 bits per heavy atom. The Balaban J connectivity index is 1.70. The molecule has 22 heavy (non-hydrogen) atoms. The minimum absolute atomic E-state index is 0.116. The molecule has 0 spiro atoms. The van der Waals surface area contributed by atoms with Crippen molar-refractivity contribution in [1.29, 1.82) is 0 Å². The third kappa shape index (κ3) is 2.97. The van der Waals surface area contributed by atoms with E-state index in [1.165, 1.54) is 12.1 Å². The highest BCUT2D eigenvalue weighted by Gasteiger charge is 2.50. The Morgan fingerprint density at radius 1 is 1.23 bits per heavy atom. The number of hydrogen-bond donors (Lipinski definition) is 1.